The number of carbonyl (C=O) groups is 1. The third-order valence-electron chi connectivity index (χ3n) is 3.00. The van der Waals surface area contributed by atoms with E-state index in [0.717, 1.165) is 11.8 Å². The lowest BCUT2D eigenvalue weighted by atomic mass is 10.2. The molecule has 0 unspecified atom stereocenters. The second kappa shape index (κ2) is 5.65. The summed E-state index contributed by atoms with van der Waals surface area (Å²) in [5, 5.41) is 0. The van der Waals surface area contributed by atoms with Gasteiger partial charge in [-0.25, -0.2) is 0 Å². The lowest BCUT2D eigenvalue weighted by Crippen LogP contribution is -2.30. The molecule has 20 heavy (non-hydrogen) atoms. The van der Waals surface area contributed by atoms with Crippen molar-refractivity contribution in [3.05, 3.63) is 54.1 Å². The Balaban J connectivity index is 1.70. The van der Waals surface area contributed by atoms with Gasteiger partial charge in [-0.2, -0.15) is 0 Å². The van der Waals surface area contributed by atoms with Crippen LogP contribution in [0.25, 0.3) is 0 Å². The zero-order valence-electron chi connectivity index (χ0n) is 10.8. The second-order valence-corrected chi connectivity index (χ2v) is 4.49. The summed E-state index contributed by atoms with van der Waals surface area (Å²) in [7, 11) is 0. The Kier molecular flexibility index (Phi) is 3.54. The molecule has 0 saturated heterocycles. The third-order valence-corrected chi connectivity index (χ3v) is 3.00. The first-order valence-electron chi connectivity index (χ1n) is 6.40. The minimum atomic E-state index is -0.549. The van der Waals surface area contributed by atoms with Gasteiger partial charge in [0.05, 0.1) is 0 Å². The third kappa shape index (κ3) is 2.74. The molecule has 0 fully saturated rings. The van der Waals surface area contributed by atoms with Crippen LogP contribution >= 0.6 is 0 Å². The van der Waals surface area contributed by atoms with Crippen LogP contribution < -0.4 is 14.2 Å². The molecule has 2 aromatic carbocycles. The Morgan fingerprint density at radius 1 is 1.15 bits per heavy atom. The van der Waals surface area contributed by atoms with Gasteiger partial charge in [-0.15, -0.1) is 0 Å². The van der Waals surface area contributed by atoms with Crippen molar-refractivity contribution in [2.24, 2.45) is 0 Å². The predicted octanol–water partition coefficient (Wildman–Crippen LogP) is 2.60. The molecule has 2 aromatic rings. The molecule has 0 aliphatic carbocycles. The predicted molar refractivity (Wildman–Crippen MR) is 73.2 cm³/mol. The van der Waals surface area contributed by atoms with E-state index in [2.05, 4.69) is 0 Å². The summed E-state index contributed by atoms with van der Waals surface area (Å²) < 4.78 is 16.6. The number of aldehydes is 1. The van der Waals surface area contributed by atoms with Crippen LogP contribution in [0, 0.1) is 0 Å². The number of hydrogen-bond donors (Lipinski definition) is 0. The normalized spacial score (nSPS) is 16.5. The van der Waals surface area contributed by atoms with Gasteiger partial charge in [0.15, 0.2) is 23.9 Å². The number of benzene rings is 2. The van der Waals surface area contributed by atoms with Gasteiger partial charge in [-0.1, -0.05) is 30.3 Å². The number of carbonyl (C=O) groups excluding carboxylic acids is 1. The Morgan fingerprint density at radius 3 is 2.80 bits per heavy atom. The van der Waals surface area contributed by atoms with E-state index in [0.29, 0.717) is 23.9 Å². The summed E-state index contributed by atoms with van der Waals surface area (Å²) in [4.78, 5) is 10.7. The quantitative estimate of drug-likeness (QED) is 0.801. The van der Waals surface area contributed by atoms with Gasteiger partial charge in [-0.05, 0) is 17.7 Å². The second-order valence-electron chi connectivity index (χ2n) is 4.49. The summed E-state index contributed by atoms with van der Waals surface area (Å²) >= 11 is 0. The van der Waals surface area contributed by atoms with Gasteiger partial charge in [0, 0.05) is 6.07 Å². The fraction of sp³-hybridized carbons (Fsp3) is 0.188. The maximum Gasteiger partial charge on any atom is 0.187 e. The Hall–Kier alpha value is -2.49. The van der Waals surface area contributed by atoms with E-state index in [4.69, 9.17) is 14.2 Å². The Bertz CT molecular complexity index is 595. The van der Waals surface area contributed by atoms with E-state index in [1.54, 1.807) is 12.1 Å². The molecule has 4 heteroatoms. The van der Waals surface area contributed by atoms with Crippen LogP contribution in [0.1, 0.15) is 5.56 Å². The minimum Gasteiger partial charge on any atom is -0.489 e. The standard InChI is InChI=1S/C16H14O4/c17-9-14-11-19-15-7-6-13(8-16(15)20-14)18-10-12-4-2-1-3-5-12/h1-9,14H,10-11H2/t14-/m1/s1. The molecule has 0 radical (unpaired) electrons. The summed E-state index contributed by atoms with van der Waals surface area (Å²) in [6, 6.07) is 15.3. The Labute approximate surface area is 116 Å². The van der Waals surface area contributed by atoms with Crippen LogP contribution in [0.5, 0.6) is 17.2 Å². The van der Waals surface area contributed by atoms with Gasteiger partial charge in [-0.3, -0.25) is 4.79 Å². The molecule has 1 heterocycles. The van der Waals surface area contributed by atoms with E-state index in [9.17, 15) is 4.79 Å². The van der Waals surface area contributed by atoms with Gasteiger partial charge in [0.25, 0.3) is 0 Å². The highest BCUT2D eigenvalue weighted by Gasteiger charge is 2.20. The molecule has 102 valence electrons. The van der Waals surface area contributed by atoms with Crippen molar-refractivity contribution in [1.82, 2.24) is 0 Å². The SMILES string of the molecule is O=C[C@@H]1COc2ccc(OCc3ccccc3)cc2O1. The van der Waals surface area contributed by atoms with Crippen molar-refractivity contribution in [1.29, 1.82) is 0 Å². The molecule has 0 saturated carbocycles. The molecule has 0 aromatic heterocycles. The topological polar surface area (TPSA) is 44.8 Å². The van der Waals surface area contributed by atoms with E-state index < -0.39 is 6.10 Å². The number of fused-ring (bicyclic) bond motifs is 1. The van der Waals surface area contributed by atoms with E-state index in [1.165, 1.54) is 0 Å². The van der Waals surface area contributed by atoms with Crippen molar-refractivity contribution in [2.75, 3.05) is 6.61 Å². The van der Waals surface area contributed by atoms with Crippen LogP contribution in [0.15, 0.2) is 48.5 Å². The lowest BCUT2D eigenvalue weighted by molar-refractivity contribution is -0.115. The number of hydrogen-bond acceptors (Lipinski definition) is 4. The van der Waals surface area contributed by atoms with Crippen molar-refractivity contribution >= 4 is 6.29 Å². The maximum absolute atomic E-state index is 10.7. The Morgan fingerprint density at radius 2 is 2.00 bits per heavy atom. The molecular formula is C16H14O4. The average Bonchev–Trinajstić information content (AvgIpc) is 2.53. The first kappa shape index (κ1) is 12.5. The molecule has 1 aliphatic rings. The highest BCUT2D eigenvalue weighted by Crippen LogP contribution is 2.35. The molecule has 0 bridgehead atoms. The summed E-state index contributed by atoms with van der Waals surface area (Å²) in [6.45, 7) is 0.734. The molecular weight excluding hydrogens is 256 g/mol. The monoisotopic (exact) mass is 270 g/mol. The number of ether oxygens (including phenoxy) is 3. The summed E-state index contributed by atoms with van der Waals surface area (Å²) in [5.41, 5.74) is 1.09. The van der Waals surface area contributed by atoms with E-state index >= 15 is 0 Å². The van der Waals surface area contributed by atoms with Crippen LogP contribution in [0.4, 0.5) is 0 Å². The minimum absolute atomic E-state index is 0.251. The smallest absolute Gasteiger partial charge is 0.187 e. The van der Waals surface area contributed by atoms with Gasteiger partial charge < -0.3 is 14.2 Å². The first-order chi connectivity index (χ1) is 9.85. The highest BCUT2D eigenvalue weighted by atomic mass is 16.6. The zero-order valence-corrected chi connectivity index (χ0v) is 10.8. The molecule has 1 aliphatic heterocycles. The largest absolute Gasteiger partial charge is 0.489 e. The van der Waals surface area contributed by atoms with Gasteiger partial charge in [0.1, 0.15) is 19.0 Å². The molecule has 3 rings (SSSR count). The average molecular weight is 270 g/mol. The molecule has 0 amide bonds. The van der Waals surface area contributed by atoms with Crippen molar-refractivity contribution in [3.63, 3.8) is 0 Å². The first-order valence-corrected chi connectivity index (χ1v) is 6.40. The van der Waals surface area contributed by atoms with Crippen molar-refractivity contribution in [2.45, 2.75) is 12.7 Å². The highest BCUT2D eigenvalue weighted by molar-refractivity contribution is 5.59. The molecule has 0 spiro atoms. The fourth-order valence-electron chi connectivity index (χ4n) is 1.97. The summed E-state index contributed by atoms with van der Waals surface area (Å²) in [6.07, 6.45) is 0.187. The lowest BCUT2D eigenvalue weighted by Gasteiger charge is -2.23. The maximum atomic E-state index is 10.7. The number of rotatable bonds is 4. The van der Waals surface area contributed by atoms with Gasteiger partial charge in [0.2, 0.25) is 0 Å². The van der Waals surface area contributed by atoms with E-state index in [1.807, 2.05) is 36.4 Å². The molecule has 1 atom stereocenters. The molecule has 4 nitrogen and oxygen atoms in total. The van der Waals surface area contributed by atoms with Crippen LogP contribution in [0.3, 0.4) is 0 Å². The molecule has 0 N–H and O–H groups in total. The van der Waals surface area contributed by atoms with Crippen LogP contribution in [0.2, 0.25) is 0 Å². The van der Waals surface area contributed by atoms with Crippen molar-refractivity contribution < 1.29 is 19.0 Å². The summed E-state index contributed by atoms with van der Waals surface area (Å²) in [5.74, 6) is 1.86. The van der Waals surface area contributed by atoms with Crippen LogP contribution in [-0.2, 0) is 11.4 Å². The van der Waals surface area contributed by atoms with Crippen LogP contribution in [-0.4, -0.2) is 19.0 Å². The fourth-order valence-corrected chi connectivity index (χ4v) is 1.97. The van der Waals surface area contributed by atoms with Crippen molar-refractivity contribution in [3.8, 4) is 17.2 Å². The van der Waals surface area contributed by atoms with Gasteiger partial charge >= 0.3 is 0 Å². The van der Waals surface area contributed by atoms with E-state index in [-0.39, 0.29) is 6.61 Å². The zero-order chi connectivity index (χ0) is 13.8.